The highest BCUT2D eigenvalue weighted by atomic mass is 35.5. The maximum Gasteiger partial charge on any atom is 0.0662 e. The first-order chi connectivity index (χ1) is 6.36. The van der Waals surface area contributed by atoms with Crippen LogP contribution in [0.4, 0.5) is 0 Å². The van der Waals surface area contributed by atoms with Crippen molar-refractivity contribution in [3.63, 3.8) is 0 Å². The van der Waals surface area contributed by atoms with Crippen LogP contribution in [-0.4, -0.2) is 24.4 Å². The Labute approximate surface area is 84.5 Å². The van der Waals surface area contributed by atoms with Crippen molar-refractivity contribution in [1.82, 2.24) is 0 Å². The molecule has 0 atom stereocenters. The first-order valence-corrected chi connectivity index (χ1v) is 5.28. The van der Waals surface area contributed by atoms with Gasteiger partial charge in [0.15, 0.2) is 0 Å². The second-order valence-corrected chi connectivity index (χ2v) is 3.77. The number of hydrogen-bond acceptors (Lipinski definition) is 2. The summed E-state index contributed by atoms with van der Waals surface area (Å²) in [5, 5.41) is 8.92. The lowest BCUT2D eigenvalue weighted by Crippen LogP contribution is -2.23. The van der Waals surface area contributed by atoms with Crippen molar-refractivity contribution in [1.29, 1.82) is 0 Å². The fourth-order valence-electron chi connectivity index (χ4n) is 1.71. The molecule has 76 valence electrons. The largest absolute Gasteiger partial charge is 0.396 e. The Morgan fingerprint density at radius 2 is 2.00 bits per heavy atom. The molecular weight excluding hydrogens is 188 g/mol. The van der Waals surface area contributed by atoms with Crippen LogP contribution < -0.4 is 0 Å². The molecule has 2 nitrogen and oxygen atoms in total. The number of rotatable bonds is 4. The Morgan fingerprint density at radius 3 is 2.54 bits per heavy atom. The van der Waals surface area contributed by atoms with E-state index in [0.717, 1.165) is 25.7 Å². The van der Waals surface area contributed by atoms with Gasteiger partial charge in [-0.2, -0.15) is 0 Å². The van der Waals surface area contributed by atoms with E-state index in [1.807, 2.05) is 0 Å². The van der Waals surface area contributed by atoms with Gasteiger partial charge in [-0.1, -0.05) is 11.6 Å². The Hall–Kier alpha value is -0.0500. The van der Waals surface area contributed by atoms with Crippen LogP contribution in [0.3, 0.4) is 0 Å². The zero-order valence-electron chi connectivity index (χ0n) is 7.79. The number of hydrogen-bond donors (Lipinski definition) is 1. The number of ether oxygens (including phenoxy) is 1. The summed E-state index contributed by atoms with van der Waals surface area (Å²) in [4.78, 5) is 0. The van der Waals surface area contributed by atoms with E-state index in [0.29, 0.717) is 25.2 Å². The molecule has 0 heterocycles. The molecule has 1 aliphatic rings. The van der Waals surface area contributed by atoms with Crippen molar-refractivity contribution in [2.45, 2.75) is 31.8 Å². The summed E-state index contributed by atoms with van der Waals surface area (Å²) in [7, 11) is 0. The summed E-state index contributed by atoms with van der Waals surface area (Å²) in [6.45, 7) is 0.937. The highest BCUT2D eigenvalue weighted by Gasteiger charge is 2.20. The SMILES string of the molecule is OCC1CCC(OC/C=C/Cl)CC1. The number of halogens is 1. The summed E-state index contributed by atoms with van der Waals surface area (Å²) in [5.41, 5.74) is 1.49. The molecule has 0 radical (unpaired) electrons. The molecule has 0 aliphatic heterocycles. The van der Waals surface area contributed by atoms with E-state index in [9.17, 15) is 0 Å². The van der Waals surface area contributed by atoms with Crippen molar-refractivity contribution < 1.29 is 9.84 Å². The van der Waals surface area contributed by atoms with Crippen LogP contribution in [-0.2, 0) is 4.74 Å². The van der Waals surface area contributed by atoms with Crippen LogP contribution in [0.2, 0.25) is 0 Å². The van der Waals surface area contributed by atoms with Crippen molar-refractivity contribution >= 4 is 11.6 Å². The lowest BCUT2D eigenvalue weighted by molar-refractivity contribution is 0.0263. The third-order valence-electron chi connectivity index (χ3n) is 2.57. The van der Waals surface area contributed by atoms with Crippen molar-refractivity contribution in [3.8, 4) is 0 Å². The Bertz CT molecular complexity index is 151. The van der Waals surface area contributed by atoms with Gasteiger partial charge in [0.1, 0.15) is 0 Å². The van der Waals surface area contributed by atoms with Gasteiger partial charge < -0.3 is 9.84 Å². The van der Waals surface area contributed by atoms with Gasteiger partial charge in [-0.15, -0.1) is 0 Å². The maximum atomic E-state index is 8.92. The summed E-state index contributed by atoms with van der Waals surface area (Å²) in [5.74, 6) is 0.503. The van der Waals surface area contributed by atoms with Crippen LogP contribution in [0.5, 0.6) is 0 Å². The van der Waals surface area contributed by atoms with Crippen LogP contribution in [0.1, 0.15) is 25.7 Å². The summed E-state index contributed by atoms with van der Waals surface area (Å²) in [6.07, 6.45) is 6.50. The fourth-order valence-corrected chi connectivity index (χ4v) is 1.78. The van der Waals surface area contributed by atoms with Crippen LogP contribution in [0.15, 0.2) is 11.6 Å². The standard InChI is InChI=1S/C10H17ClO2/c11-6-1-7-13-10-4-2-9(8-12)3-5-10/h1,6,9-10,12H,2-5,7-8H2/b6-1+. The molecule has 1 saturated carbocycles. The minimum atomic E-state index is 0.328. The molecule has 0 aromatic heterocycles. The summed E-state index contributed by atoms with van der Waals surface area (Å²) < 4.78 is 5.56. The Balaban J connectivity index is 2.10. The molecule has 0 spiro atoms. The summed E-state index contributed by atoms with van der Waals surface area (Å²) >= 11 is 5.37. The molecule has 13 heavy (non-hydrogen) atoms. The average Bonchev–Trinajstić information content (AvgIpc) is 2.19. The van der Waals surface area contributed by atoms with Crippen molar-refractivity contribution in [2.75, 3.05) is 13.2 Å². The van der Waals surface area contributed by atoms with E-state index < -0.39 is 0 Å². The molecular formula is C10H17ClO2. The predicted octanol–water partition coefficient (Wildman–Crippen LogP) is 2.31. The molecule has 1 fully saturated rings. The normalized spacial score (nSPS) is 29.7. The van der Waals surface area contributed by atoms with Gasteiger partial charge in [0.05, 0.1) is 12.7 Å². The third kappa shape index (κ3) is 4.12. The maximum absolute atomic E-state index is 8.92. The minimum Gasteiger partial charge on any atom is -0.396 e. The van der Waals surface area contributed by atoms with Gasteiger partial charge in [-0.05, 0) is 37.7 Å². The van der Waals surface area contributed by atoms with E-state index in [1.165, 1.54) is 5.54 Å². The number of aliphatic hydroxyl groups excluding tert-OH is 1. The molecule has 0 aromatic carbocycles. The smallest absolute Gasteiger partial charge is 0.0662 e. The van der Waals surface area contributed by atoms with Gasteiger partial charge in [0, 0.05) is 12.1 Å². The number of aliphatic hydroxyl groups is 1. The second-order valence-electron chi connectivity index (χ2n) is 3.52. The van der Waals surface area contributed by atoms with Gasteiger partial charge >= 0.3 is 0 Å². The molecule has 0 aromatic rings. The van der Waals surface area contributed by atoms with E-state index in [-0.39, 0.29) is 0 Å². The first-order valence-electron chi connectivity index (χ1n) is 4.84. The van der Waals surface area contributed by atoms with Gasteiger partial charge in [-0.3, -0.25) is 0 Å². The van der Waals surface area contributed by atoms with Crippen LogP contribution >= 0.6 is 11.6 Å². The van der Waals surface area contributed by atoms with E-state index >= 15 is 0 Å². The third-order valence-corrected chi connectivity index (χ3v) is 2.75. The van der Waals surface area contributed by atoms with E-state index in [4.69, 9.17) is 21.4 Å². The molecule has 0 unspecified atom stereocenters. The summed E-state index contributed by atoms with van der Waals surface area (Å²) in [6, 6.07) is 0. The average molecular weight is 205 g/mol. The quantitative estimate of drug-likeness (QED) is 0.762. The van der Waals surface area contributed by atoms with E-state index in [1.54, 1.807) is 6.08 Å². The minimum absolute atomic E-state index is 0.328. The molecule has 0 amide bonds. The highest BCUT2D eigenvalue weighted by molar-refractivity contribution is 6.25. The molecule has 1 aliphatic carbocycles. The van der Waals surface area contributed by atoms with Crippen molar-refractivity contribution in [2.24, 2.45) is 5.92 Å². The molecule has 3 heteroatoms. The fraction of sp³-hybridized carbons (Fsp3) is 0.800. The van der Waals surface area contributed by atoms with Crippen LogP contribution in [0.25, 0.3) is 0 Å². The lowest BCUT2D eigenvalue weighted by atomic mass is 9.88. The first kappa shape index (κ1) is 11.0. The lowest BCUT2D eigenvalue weighted by Gasteiger charge is -2.26. The molecule has 1 rings (SSSR count). The Kier molecular flexibility index (Phi) is 5.44. The van der Waals surface area contributed by atoms with Gasteiger partial charge in [0.2, 0.25) is 0 Å². The molecule has 0 saturated heterocycles. The molecule has 1 N–H and O–H groups in total. The topological polar surface area (TPSA) is 29.5 Å². The Morgan fingerprint density at radius 1 is 1.31 bits per heavy atom. The predicted molar refractivity (Wildman–Crippen MR) is 53.8 cm³/mol. The van der Waals surface area contributed by atoms with Crippen molar-refractivity contribution in [3.05, 3.63) is 11.6 Å². The van der Waals surface area contributed by atoms with E-state index in [2.05, 4.69) is 0 Å². The highest BCUT2D eigenvalue weighted by Crippen LogP contribution is 2.25. The van der Waals surface area contributed by atoms with Crippen LogP contribution in [0, 0.1) is 5.92 Å². The molecule has 0 bridgehead atoms. The zero-order valence-corrected chi connectivity index (χ0v) is 8.54. The second kappa shape index (κ2) is 6.41. The zero-order chi connectivity index (χ0) is 9.52. The van der Waals surface area contributed by atoms with Gasteiger partial charge in [0.25, 0.3) is 0 Å². The monoisotopic (exact) mass is 204 g/mol. The van der Waals surface area contributed by atoms with Gasteiger partial charge in [-0.25, -0.2) is 0 Å².